The van der Waals surface area contributed by atoms with Crippen molar-refractivity contribution in [3.05, 3.63) is 67.6 Å². The topological polar surface area (TPSA) is 103 Å². The number of nitrogens with one attached hydrogen (secondary N) is 1. The van der Waals surface area contributed by atoms with E-state index >= 15 is 0 Å². The summed E-state index contributed by atoms with van der Waals surface area (Å²) < 4.78 is 6.06. The lowest BCUT2D eigenvalue weighted by atomic mass is 9.96. The van der Waals surface area contributed by atoms with Crippen molar-refractivity contribution in [2.45, 2.75) is 26.4 Å². The van der Waals surface area contributed by atoms with Crippen LogP contribution in [0.25, 0.3) is 0 Å². The van der Waals surface area contributed by atoms with Crippen LogP contribution in [0.2, 0.25) is 5.02 Å². The Morgan fingerprint density at radius 2 is 1.96 bits per heavy atom. The Balaban J connectivity index is 2.22. The maximum absolute atomic E-state index is 12.5. The first-order chi connectivity index (χ1) is 12.7. The first kappa shape index (κ1) is 20.4. The Hall–Kier alpha value is -2.87. The normalized spacial score (nSPS) is 11.9. The summed E-state index contributed by atoms with van der Waals surface area (Å²) >= 11 is 5.82. The Bertz CT molecular complexity index is 893. The first-order valence-electron chi connectivity index (χ1n) is 8.20. The SMILES string of the molecule is COc1ccc([C@H](NC(=O)Cn2cc(Cl)cc([N+](=O)[O-])c2=O)C(C)C)cc1. The molecule has 0 aliphatic rings. The number of halogens is 1. The van der Waals surface area contributed by atoms with Crippen LogP contribution in [0.5, 0.6) is 5.75 Å². The van der Waals surface area contributed by atoms with Crippen molar-refractivity contribution in [3.63, 3.8) is 0 Å². The summed E-state index contributed by atoms with van der Waals surface area (Å²) in [7, 11) is 1.57. The number of pyridine rings is 1. The first-order valence-corrected chi connectivity index (χ1v) is 8.58. The van der Waals surface area contributed by atoms with Gasteiger partial charge in [0, 0.05) is 12.3 Å². The fourth-order valence-electron chi connectivity index (χ4n) is 2.65. The maximum atomic E-state index is 12.5. The second-order valence-electron chi connectivity index (χ2n) is 6.30. The van der Waals surface area contributed by atoms with Crippen molar-refractivity contribution in [3.8, 4) is 5.75 Å². The third-order valence-corrected chi connectivity index (χ3v) is 4.21. The Labute approximate surface area is 160 Å². The zero-order chi connectivity index (χ0) is 20.1. The number of hydrogen-bond donors (Lipinski definition) is 1. The lowest BCUT2D eigenvalue weighted by Gasteiger charge is -2.23. The molecule has 1 N–H and O–H groups in total. The van der Waals surface area contributed by atoms with E-state index in [4.69, 9.17) is 16.3 Å². The van der Waals surface area contributed by atoms with E-state index in [0.717, 1.165) is 16.2 Å². The molecular formula is C18H20ClN3O5. The summed E-state index contributed by atoms with van der Waals surface area (Å²) in [5.41, 5.74) is -0.681. The van der Waals surface area contributed by atoms with Gasteiger partial charge in [0.2, 0.25) is 5.91 Å². The number of benzene rings is 1. The lowest BCUT2D eigenvalue weighted by molar-refractivity contribution is -0.386. The number of aromatic nitrogens is 1. The van der Waals surface area contributed by atoms with Crippen LogP contribution in [0.1, 0.15) is 25.5 Å². The van der Waals surface area contributed by atoms with Crippen LogP contribution in [-0.4, -0.2) is 22.5 Å². The Kier molecular flexibility index (Phi) is 6.57. The highest BCUT2D eigenvalue weighted by Gasteiger charge is 2.21. The van der Waals surface area contributed by atoms with Crippen molar-refractivity contribution in [1.29, 1.82) is 0 Å². The molecule has 1 heterocycles. The van der Waals surface area contributed by atoms with Gasteiger partial charge in [-0.2, -0.15) is 0 Å². The van der Waals surface area contributed by atoms with Gasteiger partial charge in [-0.1, -0.05) is 37.6 Å². The van der Waals surface area contributed by atoms with Gasteiger partial charge >= 0.3 is 11.2 Å². The highest BCUT2D eigenvalue weighted by atomic mass is 35.5. The van der Waals surface area contributed by atoms with Crippen LogP contribution in [0.4, 0.5) is 5.69 Å². The second-order valence-corrected chi connectivity index (χ2v) is 6.73. The monoisotopic (exact) mass is 393 g/mol. The van der Waals surface area contributed by atoms with Crippen molar-refractivity contribution in [1.82, 2.24) is 9.88 Å². The average Bonchev–Trinajstić information content (AvgIpc) is 2.62. The fraction of sp³-hybridized carbons (Fsp3) is 0.333. The van der Waals surface area contributed by atoms with Crippen molar-refractivity contribution < 1.29 is 14.5 Å². The minimum absolute atomic E-state index is 0.00432. The molecule has 8 nitrogen and oxygen atoms in total. The number of carbonyl (C=O) groups excluding carboxylic acids is 1. The summed E-state index contributed by atoms with van der Waals surface area (Å²) in [6.07, 6.45) is 1.20. The molecule has 1 aromatic carbocycles. The molecule has 2 rings (SSSR count). The minimum atomic E-state index is -0.884. The minimum Gasteiger partial charge on any atom is -0.497 e. The molecule has 1 amide bonds. The largest absolute Gasteiger partial charge is 0.497 e. The molecule has 0 fully saturated rings. The van der Waals surface area contributed by atoms with Gasteiger partial charge in [0.15, 0.2) is 0 Å². The van der Waals surface area contributed by atoms with Gasteiger partial charge in [0.05, 0.1) is 23.1 Å². The zero-order valence-corrected chi connectivity index (χ0v) is 15.9. The predicted molar refractivity (Wildman–Crippen MR) is 101 cm³/mol. The van der Waals surface area contributed by atoms with E-state index in [9.17, 15) is 19.7 Å². The van der Waals surface area contributed by atoms with Crippen LogP contribution in [0.3, 0.4) is 0 Å². The second kappa shape index (κ2) is 8.68. The fourth-order valence-corrected chi connectivity index (χ4v) is 2.87. The highest BCUT2D eigenvalue weighted by molar-refractivity contribution is 6.30. The molecule has 0 radical (unpaired) electrons. The van der Waals surface area contributed by atoms with Crippen molar-refractivity contribution in [2.75, 3.05) is 7.11 Å². The van der Waals surface area contributed by atoms with Crippen LogP contribution >= 0.6 is 11.6 Å². The predicted octanol–water partition coefficient (Wildman–Crippen LogP) is 2.93. The van der Waals surface area contributed by atoms with E-state index in [0.29, 0.717) is 5.75 Å². The molecule has 0 spiro atoms. The Morgan fingerprint density at radius 3 is 2.48 bits per heavy atom. The van der Waals surface area contributed by atoms with Gasteiger partial charge in [-0.05, 0) is 23.6 Å². The van der Waals surface area contributed by atoms with Gasteiger partial charge in [-0.3, -0.25) is 24.3 Å². The van der Waals surface area contributed by atoms with E-state index in [1.165, 1.54) is 6.20 Å². The number of nitrogens with zero attached hydrogens (tertiary/aromatic N) is 2. The van der Waals surface area contributed by atoms with E-state index < -0.39 is 22.1 Å². The van der Waals surface area contributed by atoms with E-state index in [1.807, 2.05) is 26.0 Å². The summed E-state index contributed by atoms with van der Waals surface area (Å²) in [6, 6.07) is 7.95. The van der Waals surface area contributed by atoms with E-state index in [2.05, 4.69) is 5.32 Å². The van der Waals surface area contributed by atoms with Gasteiger partial charge in [0.25, 0.3) is 0 Å². The molecule has 9 heteroatoms. The molecule has 0 bridgehead atoms. The molecule has 1 atom stereocenters. The lowest BCUT2D eigenvalue weighted by Crippen LogP contribution is -2.36. The molecule has 0 aliphatic carbocycles. The van der Waals surface area contributed by atoms with Crippen LogP contribution < -0.4 is 15.6 Å². The molecule has 0 unspecified atom stereocenters. The quantitative estimate of drug-likeness (QED) is 0.575. The number of nitro groups is 1. The molecule has 0 aliphatic heterocycles. The van der Waals surface area contributed by atoms with E-state index in [-0.39, 0.29) is 23.5 Å². The smallest absolute Gasteiger partial charge is 0.335 e. The van der Waals surface area contributed by atoms with Crippen LogP contribution in [0.15, 0.2) is 41.3 Å². The number of ether oxygens (including phenoxy) is 1. The summed E-state index contributed by atoms with van der Waals surface area (Å²) in [5.74, 6) is 0.321. The summed E-state index contributed by atoms with van der Waals surface area (Å²) in [6.45, 7) is 3.52. The van der Waals surface area contributed by atoms with Gasteiger partial charge in [0.1, 0.15) is 12.3 Å². The average molecular weight is 394 g/mol. The molecular weight excluding hydrogens is 374 g/mol. The molecule has 1 aromatic heterocycles. The molecule has 27 heavy (non-hydrogen) atoms. The summed E-state index contributed by atoms with van der Waals surface area (Å²) in [5, 5.41) is 13.8. The number of hydrogen-bond acceptors (Lipinski definition) is 5. The molecule has 2 aromatic rings. The Morgan fingerprint density at radius 1 is 1.33 bits per heavy atom. The zero-order valence-electron chi connectivity index (χ0n) is 15.1. The third kappa shape index (κ3) is 5.07. The number of rotatable bonds is 7. The van der Waals surface area contributed by atoms with Crippen LogP contribution in [0, 0.1) is 16.0 Å². The number of amides is 1. The number of carbonyl (C=O) groups is 1. The van der Waals surface area contributed by atoms with Gasteiger partial charge < -0.3 is 10.1 Å². The van der Waals surface area contributed by atoms with E-state index in [1.54, 1.807) is 19.2 Å². The van der Waals surface area contributed by atoms with Crippen molar-refractivity contribution >= 4 is 23.2 Å². The third-order valence-electron chi connectivity index (χ3n) is 4.00. The molecule has 144 valence electrons. The highest BCUT2D eigenvalue weighted by Crippen LogP contribution is 2.24. The maximum Gasteiger partial charge on any atom is 0.335 e. The van der Waals surface area contributed by atoms with Crippen LogP contribution in [-0.2, 0) is 11.3 Å². The standard InChI is InChI=1S/C18H20ClN3O5/c1-11(2)17(12-4-6-14(27-3)7-5-12)20-16(23)10-21-9-13(19)8-15(18(21)24)22(25)26/h4-9,11,17H,10H2,1-3H3,(H,20,23)/t17-/m1/s1. The van der Waals surface area contributed by atoms with Crippen molar-refractivity contribution in [2.24, 2.45) is 5.92 Å². The van der Waals surface area contributed by atoms with Gasteiger partial charge in [-0.25, -0.2) is 0 Å². The van der Waals surface area contributed by atoms with Gasteiger partial charge in [-0.15, -0.1) is 0 Å². The summed E-state index contributed by atoms with van der Waals surface area (Å²) in [4.78, 5) is 34.7. The molecule has 0 saturated heterocycles. The molecule has 0 saturated carbocycles. The number of methoxy groups -OCH3 is 1.